The maximum Gasteiger partial charge on any atom is 0.267 e. The van der Waals surface area contributed by atoms with Crippen LogP contribution in [0.1, 0.15) is 16.1 Å². The molecule has 1 amide bonds. The lowest BCUT2D eigenvalue weighted by Crippen LogP contribution is -2.43. The average molecular weight is 313 g/mol. The van der Waals surface area contributed by atoms with Gasteiger partial charge in [0.05, 0.1) is 0 Å². The van der Waals surface area contributed by atoms with Gasteiger partial charge in [-0.2, -0.15) is 0 Å². The second-order valence-corrected chi connectivity index (χ2v) is 6.00. The van der Waals surface area contributed by atoms with E-state index >= 15 is 0 Å². The fourth-order valence-electron chi connectivity index (χ4n) is 2.19. The molecule has 1 fully saturated rings. The molecule has 1 saturated heterocycles. The van der Waals surface area contributed by atoms with Gasteiger partial charge in [-0.15, -0.1) is 0 Å². The molecular formula is C13H23N5O2S. The summed E-state index contributed by atoms with van der Waals surface area (Å²) in [6, 6.07) is 0. The molecule has 21 heavy (non-hydrogen) atoms. The van der Waals surface area contributed by atoms with Crippen LogP contribution in [-0.2, 0) is 4.74 Å². The first-order valence-electron chi connectivity index (χ1n) is 7.10. The highest BCUT2D eigenvalue weighted by Crippen LogP contribution is 2.29. The third-order valence-corrected chi connectivity index (χ3v) is 4.53. The highest BCUT2D eigenvalue weighted by Gasteiger charge is 2.22. The standard InChI is InChI=1S/C13H23N5O2S/c1-17(6-3-9-20-2)12(19)10-11(14)16-13(21-10)18-7-4-15-5-8-18/h15H,3-9,14H2,1-2H3. The van der Waals surface area contributed by atoms with Crippen LogP contribution in [0, 0.1) is 0 Å². The molecule has 8 heteroatoms. The first kappa shape index (κ1) is 16.0. The van der Waals surface area contributed by atoms with E-state index in [4.69, 9.17) is 10.5 Å². The van der Waals surface area contributed by atoms with E-state index in [1.165, 1.54) is 11.3 Å². The van der Waals surface area contributed by atoms with Crippen molar-refractivity contribution in [2.45, 2.75) is 6.42 Å². The van der Waals surface area contributed by atoms with Crippen LogP contribution >= 0.6 is 11.3 Å². The number of nitrogen functional groups attached to an aromatic ring is 1. The van der Waals surface area contributed by atoms with E-state index in [1.54, 1.807) is 19.1 Å². The van der Waals surface area contributed by atoms with Crippen molar-refractivity contribution in [1.82, 2.24) is 15.2 Å². The lowest BCUT2D eigenvalue weighted by molar-refractivity contribution is 0.0785. The van der Waals surface area contributed by atoms with Crippen LogP contribution in [0.3, 0.4) is 0 Å². The molecule has 1 aliphatic rings. The number of amides is 1. The molecular weight excluding hydrogens is 290 g/mol. The zero-order valence-corrected chi connectivity index (χ0v) is 13.4. The number of nitrogens with one attached hydrogen (secondary N) is 1. The van der Waals surface area contributed by atoms with Crippen LogP contribution in [-0.4, -0.2) is 69.3 Å². The minimum Gasteiger partial charge on any atom is -0.385 e. The Hall–Kier alpha value is -1.38. The summed E-state index contributed by atoms with van der Waals surface area (Å²) < 4.78 is 5.00. The van der Waals surface area contributed by atoms with Crippen molar-refractivity contribution < 1.29 is 9.53 Å². The Bertz CT molecular complexity index is 473. The monoisotopic (exact) mass is 313 g/mol. The van der Waals surface area contributed by atoms with Crippen LogP contribution in [0.4, 0.5) is 10.9 Å². The first-order chi connectivity index (χ1) is 10.1. The number of thiazole rings is 1. The van der Waals surface area contributed by atoms with Crippen LogP contribution in [0.15, 0.2) is 0 Å². The van der Waals surface area contributed by atoms with Crippen molar-refractivity contribution in [3.8, 4) is 0 Å². The Morgan fingerprint density at radius 1 is 1.52 bits per heavy atom. The zero-order valence-electron chi connectivity index (χ0n) is 12.6. The van der Waals surface area contributed by atoms with Gasteiger partial charge in [-0.05, 0) is 6.42 Å². The summed E-state index contributed by atoms with van der Waals surface area (Å²) >= 11 is 1.38. The molecule has 1 aromatic rings. The summed E-state index contributed by atoms with van der Waals surface area (Å²) in [6.07, 6.45) is 0.808. The van der Waals surface area contributed by atoms with Crippen LogP contribution in [0.2, 0.25) is 0 Å². The number of rotatable bonds is 6. The second kappa shape index (κ2) is 7.58. The molecule has 7 nitrogen and oxygen atoms in total. The van der Waals surface area contributed by atoms with E-state index in [0.717, 1.165) is 37.7 Å². The third kappa shape index (κ3) is 4.05. The maximum absolute atomic E-state index is 12.4. The van der Waals surface area contributed by atoms with Crippen molar-refractivity contribution in [1.29, 1.82) is 0 Å². The Balaban J connectivity index is 2.01. The van der Waals surface area contributed by atoms with Gasteiger partial charge in [0.15, 0.2) is 5.13 Å². The predicted octanol–water partition coefficient (Wildman–Crippen LogP) is 0.243. The molecule has 1 aliphatic heterocycles. The van der Waals surface area contributed by atoms with Gasteiger partial charge >= 0.3 is 0 Å². The van der Waals surface area contributed by atoms with Gasteiger partial charge in [0.2, 0.25) is 0 Å². The summed E-state index contributed by atoms with van der Waals surface area (Å²) in [5.41, 5.74) is 5.93. The minimum absolute atomic E-state index is 0.0671. The van der Waals surface area contributed by atoms with Crippen molar-refractivity contribution in [3.05, 3.63) is 4.88 Å². The third-order valence-electron chi connectivity index (χ3n) is 3.41. The zero-order chi connectivity index (χ0) is 15.2. The number of carbonyl (C=O) groups is 1. The molecule has 0 spiro atoms. The fraction of sp³-hybridized carbons (Fsp3) is 0.692. The molecule has 0 radical (unpaired) electrons. The normalized spacial score (nSPS) is 15.2. The number of nitrogens with zero attached hydrogens (tertiary/aromatic N) is 3. The van der Waals surface area contributed by atoms with Gasteiger partial charge in [-0.3, -0.25) is 4.79 Å². The Morgan fingerprint density at radius 2 is 2.24 bits per heavy atom. The number of hydrogen-bond acceptors (Lipinski definition) is 7. The number of ether oxygens (including phenoxy) is 1. The number of piperazine rings is 1. The summed E-state index contributed by atoms with van der Waals surface area (Å²) in [6.45, 7) is 4.93. The van der Waals surface area contributed by atoms with Crippen molar-refractivity contribution in [2.75, 3.05) is 64.1 Å². The van der Waals surface area contributed by atoms with E-state index in [2.05, 4.69) is 15.2 Å². The van der Waals surface area contributed by atoms with Crippen LogP contribution < -0.4 is 16.0 Å². The number of aromatic nitrogens is 1. The van der Waals surface area contributed by atoms with Crippen molar-refractivity contribution >= 4 is 28.2 Å². The van der Waals surface area contributed by atoms with Gasteiger partial charge in [-0.1, -0.05) is 11.3 Å². The highest BCUT2D eigenvalue weighted by atomic mass is 32.1. The Kier molecular flexibility index (Phi) is 5.77. The lowest BCUT2D eigenvalue weighted by atomic mass is 10.3. The molecule has 0 saturated carbocycles. The van der Waals surface area contributed by atoms with Gasteiger partial charge < -0.3 is 25.6 Å². The Labute approximate surface area is 129 Å². The smallest absolute Gasteiger partial charge is 0.267 e. The van der Waals surface area contributed by atoms with Crippen LogP contribution in [0.25, 0.3) is 0 Å². The highest BCUT2D eigenvalue weighted by molar-refractivity contribution is 7.18. The lowest BCUT2D eigenvalue weighted by Gasteiger charge is -2.26. The van der Waals surface area contributed by atoms with E-state index in [1.807, 2.05) is 0 Å². The summed E-state index contributed by atoms with van der Waals surface area (Å²) in [5, 5.41) is 4.13. The quantitative estimate of drug-likeness (QED) is 0.732. The predicted molar refractivity (Wildman–Crippen MR) is 85.1 cm³/mol. The number of methoxy groups -OCH3 is 1. The first-order valence-corrected chi connectivity index (χ1v) is 7.91. The molecule has 0 unspecified atom stereocenters. The molecule has 0 atom stereocenters. The molecule has 1 aromatic heterocycles. The number of carbonyl (C=O) groups excluding carboxylic acids is 1. The largest absolute Gasteiger partial charge is 0.385 e. The topological polar surface area (TPSA) is 83.7 Å². The fourth-order valence-corrected chi connectivity index (χ4v) is 3.22. The Morgan fingerprint density at radius 3 is 2.90 bits per heavy atom. The molecule has 2 rings (SSSR count). The summed E-state index contributed by atoms with van der Waals surface area (Å²) in [7, 11) is 3.43. The van der Waals surface area contributed by atoms with Gasteiger partial charge in [0.25, 0.3) is 5.91 Å². The SMILES string of the molecule is COCCCN(C)C(=O)c1sc(N2CCNCC2)nc1N. The summed E-state index contributed by atoms with van der Waals surface area (Å²) in [5.74, 6) is 0.264. The average Bonchev–Trinajstić information content (AvgIpc) is 2.89. The van der Waals surface area contributed by atoms with Crippen LogP contribution in [0.5, 0.6) is 0 Å². The van der Waals surface area contributed by atoms with Crippen molar-refractivity contribution in [3.63, 3.8) is 0 Å². The van der Waals surface area contributed by atoms with E-state index in [-0.39, 0.29) is 5.91 Å². The molecule has 0 aromatic carbocycles. The molecule has 0 bridgehead atoms. The maximum atomic E-state index is 12.4. The summed E-state index contributed by atoms with van der Waals surface area (Å²) in [4.78, 5) is 21.1. The minimum atomic E-state index is -0.0671. The van der Waals surface area contributed by atoms with E-state index in [0.29, 0.717) is 23.8 Å². The van der Waals surface area contributed by atoms with Gasteiger partial charge in [0.1, 0.15) is 10.7 Å². The van der Waals surface area contributed by atoms with E-state index in [9.17, 15) is 4.79 Å². The number of nitrogens with two attached hydrogens (primary N) is 1. The second-order valence-electron chi connectivity index (χ2n) is 5.02. The molecule has 3 N–H and O–H groups in total. The van der Waals surface area contributed by atoms with Crippen molar-refractivity contribution in [2.24, 2.45) is 0 Å². The molecule has 2 heterocycles. The molecule has 0 aliphatic carbocycles. The number of hydrogen-bond donors (Lipinski definition) is 2. The van der Waals surface area contributed by atoms with E-state index < -0.39 is 0 Å². The molecule has 118 valence electrons. The van der Waals surface area contributed by atoms with Gasteiger partial charge in [-0.25, -0.2) is 4.98 Å². The van der Waals surface area contributed by atoms with Gasteiger partial charge in [0, 0.05) is 53.5 Å². The number of anilines is 2.